The van der Waals surface area contributed by atoms with Crippen molar-refractivity contribution in [3.63, 3.8) is 0 Å². The fraction of sp³-hybridized carbons (Fsp3) is 0.400. The van der Waals surface area contributed by atoms with Crippen LogP contribution >= 0.6 is 22.6 Å². The summed E-state index contributed by atoms with van der Waals surface area (Å²) in [6.45, 7) is 3.21. The fourth-order valence-corrected chi connectivity index (χ4v) is 2.30. The van der Waals surface area contributed by atoms with Crippen LogP contribution in [0.4, 0.5) is 0 Å². The number of fused-ring (bicyclic) bond motifs is 1. The van der Waals surface area contributed by atoms with Gasteiger partial charge in [-0.25, -0.2) is 0 Å². The molecular formula is C10H12INO2. The highest BCUT2D eigenvalue weighted by molar-refractivity contribution is 14.1. The molecule has 76 valence electrons. The molecule has 0 amide bonds. The number of rotatable bonds is 2. The molecule has 1 aromatic carbocycles. The van der Waals surface area contributed by atoms with E-state index >= 15 is 0 Å². The van der Waals surface area contributed by atoms with E-state index in [-0.39, 0.29) is 6.04 Å². The molecule has 2 N–H and O–H groups in total. The van der Waals surface area contributed by atoms with Gasteiger partial charge in [0, 0.05) is 5.56 Å². The normalized spacial score (nSPS) is 18.9. The van der Waals surface area contributed by atoms with Gasteiger partial charge in [-0.2, -0.15) is 0 Å². The van der Waals surface area contributed by atoms with Crippen molar-refractivity contribution < 1.29 is 9.47 Å². The Hall–Kier alpha value is -0.490. The van der Waals surface area contributed by atoms with Crippen molar-refractivity contribution in [2.24, 2.45) is 5.73 Å². The van der Waals surface area contributed by atoms with Crippen molar-refractivity contribution in [3.05, 3.63) is 21.3 Å². The zero-order valence-corrected chi connectivity index (χ0v) is 10.1. The number of halogens is 1. The topological polar surface area (TPSA) is 44.5 Å². The average molecular weight is 305 g/mol. The maximum absolute atomic E-state index is 5.90. The fourth-order valence-electron chi connectivity index (χ4n) is 1.53. The second-order valence-electron chi connectivity index (χ2n) is 3.17. The third-order valence-corrected chi connectivity index (χ3v) is 2.96. The summed E-state index contributed by atoms with van der Waals surface area (Å²) in [5, 5.41) is 0. The number of hydrogen-bond donors (Lipinski definition) is 1. The van der Waals surface area contributed by atoms with Gasteiger partial charge in [-0.3, -0.25) is 0 Å². The maximum atomic E-state index is 5.90. The molecule has 0 spiro atoms. The molecule has 1 heterocycles. The molecule has 1 unspecified atom stereocenters. The third-order valence-electron chi connectivity index (χ3n) is 2.16. The van der Waals surface area contributed by atoms with Gasteiger partial charge in [0.2, 0.25) is 0 Å². The Bertz CT molecular complexity index is 354. The van der Waals surface area contributed by atoms with E-state index in [1.165, 1.54) is 0 Å². The third kappa shape index (κ3) is 1.68. The lowest BCUT2D eigenvalue weighted by Gasteiger charge is -2.08. The zero-order valence-electron chi connectivity index (χ0n) is 7.92. The van der Waals surface area contributed by atoms with Crippen LogP contribution < -0.4 is 15.2 Å². The summed E-state index contributed by atoms with van der Waals surface area (Å²) < 4.78 is 12.0. The van der Waals surface area contributed by atoms with Crippen molar-refractivity contribution in [2.75, 3.05) is 13.2 Å². The summed E-state index contributed by atoms with van der Waals surface area (Å²) in [6, 6.07) is 3.93. The number of ether oxygens (including phenoxy) is 2. The number of hydrogen-bond acceptors (Lipinski definition) is 3. The highest BCUT2D eigenvalue weighted by Crippen LogP contribution is 2.38. The molecule has 1 aliphatic heterocycles. The van der Waals surface area contributed by atoms with Gasteiger partial charge in [0.05, 0.1) is 16.2 Å². The summed E-state index contributed by atoms with van der Waals surface area (Å²) in [6.07, 6.45) is 0. The lowest BCUT2D eigenvalue weighted by molar-refractivity contribution is 0.330. The van der Waals surface area contributed by atoms with E-state index in [2.05, 4.69) is 22.6 Å². The smallest absolute Gasteiger partial charge is 0.137 e. The summed E-state index contributed by atoms with van der Waals surface area (Å²) in [7, 11) is 0. The highest BCUT2D eigenvalue weighted by Gasteiger charge is 2.23. The van der Waals surface area contributed by atoms with Gasteiger partial charge >= 0.3 is 0 Å². The molecule has 3 nitrogen and oxygen atoms in total. The van der Waals surface area contributed by atoms with Crippen LogP contribution in [-0.4, -0.2) is 13.2 Å². The Morgan fingerprint density at radius 3 is 3.14 bits per heavy atom. The average Bonchev–Trinajstić information content (AvgIpc) is 2.49. The quantitative estimate of drug-likeness (QED) is 0.851. The van der Waals surface area contributed by atoms with Gasteiger partial charge < -0.3 is 15.2 Å². The molecule has 4 heteroatoms. The largest absolute Gasteiger partial charge is 0.494 e. The summed E-state index contributed by atoms with van der Waals surface area (Å²) in [5.41, 5.74) is 6.95. The predicted molar refractivity (Wildman–Crippen MR) is 62.8 cm³/mol. The van der Waals surface area contributed by atoms with Crippen LogP contribution in [0.3, 0.4) is 0 Å². The monoisotopic (exact) mass is 305 g/mol. The predicted octanol–water partition coefficient (Wildman–Crippen LogP) is 2.08. The van der Waals surface area contributed by atoms with Crippen molar-refractivity contribution in [2.45, 2.75) is 13.0 Å². The van der Waals surface area contributed by atoms with E-state index in [0.717, 1.165) is 20.6 Å². The van der Waals surface area contributed by atoms with Crippen molar-refractivity contribution in [3.8, 4) is 11.5 Å². The van der Waals surface area contributed by atoms with Crippen LogP contribution in [0.15, 0.2) is 12.1 Å². The molecule has 1 aromatic rings. The van der Waals surface area contributed by atoms with E-state index in [1.54, 1.807) is 0 Å². The van der Waals surface area contributed by atoms with E-state index in [0.29, 0.717) is 13.2 Å². The van der Waals surface area contributed by atoms with Gasteiger partial charge in [0.1, 0.15) is 18.1 Å². The molecule has 2 rings (SSSR count). The van der Waals surface area contributed by atoms with Crippen molar-refractivity contribution in [1.29, 1.82) is 0 Å². The molecular weight excluding hydrogens is 293 g/mol. The molecule has 0 bridgehead atoms. The highest BCUT2D eigenvalue weighted by atomic mass is 127. The van der Waals surface area contributed by atoms with Gasteiger partial charge in [-0.05, 0) is 41.6 Å². The van der Waals surface area contributed by atoms with Gasteiger partial charge in [0.15, 0.2) is 0 Å². The lowest BCUT2D eigenvalue weighted by Crippen LogP contribution is -2.10. The number of nitrogens with two attached hydrogens (primary N) is 1. The Labute approximate surface area is 96.7 Å². The standard InChI is InChI=1S/C10H12INO2/c1-2-13-6-3-7-9(12)5-14-10(7)8(11)4-6/h3-4,9H,2,5,12H2,1H3. The number of benzene rings is 1. The second-order valence-corrected chi connectivity index (χ2v) is 4.34. The Balaban J connectivity index is 2.42. The molecule has 14 heavy (non-hydrogen) atoms. The minimum Gasteiger partial charge on any atom is -0.494 e. The second kappa shape index (κ2) is 3.94. The molecule has 0 saturated heterocycles. The minimum absolute atomic E-state index is 0.0149. The van der Waals surface area contributed by atoms with E-state index in [1.807, 2.05) is 19.1 Å². The molecule has 0 fully saturated rings. The molecule has 0 aromatic heterocycles. The Morgan fingerprint density at radius 2 is 2.43 bits per heavy atom. The van der Waals surface area contributed by atoms with Crippen LogP contribution in [0, 0.1) is 3.57 Å². The Kier molecular flexibility index (Phi) is 2.83. The van der Waals surface area contributed by atoms with E-state index in [9.17, 15) is 0 Å². The first-order valence-corrected chi connectivity index (χ1v) is 5.65. The minimum atomic E-state index is -0.0149. The molecule has 1 aliphatic rings. The first-order chi connectivity index (χ1) is 6.72. The first-order valence-electron chi connectivity index (χ1n) is 4.57. The molecule has 0 aliphatic carbocycles. The summed E-state index contributed by atoms with van der Waals surface area (Å²) in [4.78, 5) is 0. The lowest BCUT2D eigenvalue weighted by atomic mass is 10.1. The van der Waals surface area contributed by atoms with Crippen LogP contribution in [-0.2, 0) is 0 Å². The maximum Gasteiger partial charge on any atom is 0.137 e. The SMILES string of the molecule is CCOc1cc(I)c2c(c1)C(N)CO2. The summed E-state index contributed by atoms with van der Waals surface area (Å²) >= 11 is 2.24. The van der Waals surface area contributed by atoms with E-state index < -0.39 is 0 Å². The van der Waals surface area contributed by atoms with E-state index in [4.69, 9.17) is 15.2 Å². The van der Waals surface area contributed by atoms with Crippen LogP contribution in [0.1, 0.15) is 18.5 Å². The van der Waals surface area contributed by atoms with Gasteiger partial charge in [-0.15, -0.1) is 0 Å². The zero-order chi connectivity index (χ0) is 10.1. The van der Waals surface area contributed by atoms with Crippen LogP contribution in [0.5, 0.6) is 11.5 Å². The molecule has 1 atom stereocenters. The van der Waals surface area contributed by atoms with Crippen LogP contribution in [0.2, 0.25) is 0 Å². The Morgan fingerprint density at radius 1 is 1.64 bits per heavy atom. The van der Waals surface area contributed by atoms with Gasteiger partial charge in [-0.1, -0.05) is 0 Å². The van der Waals surface area contributed by atoms with Crippen molar-refractivity contribution in [1.82, 2.24) is 0 Å². The molecule has 0 radical (unpaired) electrons. The van der Waals surface area contributed by atoms with Crippen molar-refractivity contribution >= 4 is 22.6 Å². The van der Waals surface area contributed by atoms with Crippen LogP contribution in [0.25, 0.3) is 0 Å². The molecule has 0 saturated carbocycles. The summed E-state index contributed by atoms with van der Waals surface area (Å²) in [5.74, 6) is 1.79. The van der Waals surface area contributed by atoms with Gasteiger partial charge in [0.25, 0.3) is 0 Å². The first kappa shape index (κ1) is 10.0.